The second-order valence-electron chi connectivity index (χ2n) is 7.14. The average molecular weight is 366 g/mol. The van der Waals surface area contributed by atoms with Crippen molar-refractivity contribution in [2.24, 2.45) is 7.05 Å². The molecular weight excluding hydrogens is 340 g/mol. The maximum absolute atomic E-state index is 12.7. The van der Waals surface area contributed by atoms with Crippen LogP contribution in [0, 0.1) is 0 Å². The third kappa shape index (κ3) is 4.12. The van der Waals surface area contributed by atoms with Gasteiger partial charge in [0, 0.05) is 25.3 Å². The lowest BCUT2D eigenvalue weighted by atomic mass is 10.2. The molecule has 2 heterocycles. The van der Waals surface area contributed by atoms with Gasteiger partial charge in [-0.25, -0.2) is 14.8 Å². The zero-order valence-corrected chi connectivity index (χ0v) is 16.5. The van der Waals surface area contributed by atoms with Crippen LogP contribution in [0.1, 0.15) is 52.8 Å². The van der Waals surface area contributed by atoms with Gasteiger partial charge in [0.1, 0.15) is 16.2 Å². The van der Waals surface area contributed by atoms with E-state index in [0.717, 1.165) is 11.0 Å². The van der Waals surface area contributed by atoms with E-state index in [1.807, 2.05) is 20.8 Å². The second-order valence-corrected chi connectivity index (χ2v) is 8.10. The average Bonchev–Trinajstić information content (AvgIpc) is 2.53. The molecular formula is C17H26N4O3S. The van der Waals surface area contributed by atoms with Crippen molar-refractivity contribution >= 4 is 22.8 Å². The Morgan fingerprint density at radius 3 is 2.40 bits per heavy atom. The molecule has 138 valence electrons. The third-order valence-corrected chi connectivity index (χ3v) is 5.11. The summed E-state index contributed by atoms with van der Waals surface area (Å²) in [6, 6.07) is 0. The highest BCUT2D eigenvalue weighted by Gasteiger charge is 2.21. The Kier molecular flexibility index (Phi) is 5.73. The fourth-order valence-electron chi connectivity index (χ4n) is 2.39. The summed E-state index contributed by atoms with van der Waals surface area (Å²) in [5.74, 6) is 1.02. The van der Waals surface area contributed by atoms with Crippen LogP contribution in [0.15, 0.2) is 14.6 Å². The van der Waals surface area contributed by atoms with Gasteiger partial charge in [-0.05, 0) is 20.3 Å². The number of hydrogen-bond donors (Lipinski definition) is 1. The van der Waals surface area contributed by atoms with Crippen molar-refractivity contribution in [3.63, 3.8) is 0 Å². The Morgan fingerprint density at radius 2 is 1.88 bits per heavy atom. The van der Waals surface area contributed by atoms with Crippen LogP contribution in [0.25, 0.3) is 11.0 Å². The number of fused-ring (bicyclic) bond motifs is 1. The molecule has 0 atom stereocenters. The molecule has 7 nitrogen and oxygen atoms in total. The van der Waals surface area contributed by atoms with Crippen LogP contribution in [-0.4, -0.2) is 35.6 Å². The number of aryl methyl sites for hydroxylation is 1. The molecule has 2 rings (SSSR count). The number of aromatic nitrogens is 4. The number of nitrogens with zero attached hydrogens (tertiary/aromatic N) is 4. The topological polar surface area (TPSA) is 90.0 Å². The van der Waals surface area contributed by atoms with Gasteiger partial charge in [0.15, 0.2) is 5.65 Å². The van der Waals surface area contributed by atoms with Crippen LogP contribution >= 0.6 is 11.8 Å². The van der Waals surface area contributed by atoms with Crippen molar-refractivity contribution < 1.29 is 5.11 Å². The predicted octanol–water partition coefficient (Wildman–Crippen LogP) is 1.89. The molecule has 0 fully saturated rings. The number of hydrogen-bond acceptors (Lipinski definition) is 6. The van der Waals surface area contributed by atoms with E-state index in [2.05, 4.69) is 9.97 Å². The maximum Gasteiger partial charge on any atom is 0.332 e. The number of aliphatic hydroxyl groups is 1. The van der Waals surface area contributed by atoms with Crippen molar-refractivity contribution in [1.29, 1.82) is 0 Å². The van der Waals surface area contributed by atoms with Gasteiger partial charge in [0.25, 0.3) is 5.56 Å². The first-order valence-corrected chi connectivity index (χ1v) is 9.42. The zero-order chi connectivity index (χ0) is 18.9. The maximum atomic E-state index is 12.7. The van der Waals surface area contributed by atoms with Crippen LogP contribution in [-0.2, 0) is 13.6 Å². The summed E-state index contributed by atoms with van der Waals surface area (Å²) < 4.78 is 2.64. The van der Waals surface area contributed by atoms with Crippen LogP contribution in [0.4, 0.5) is 0 Å². The summed E-state index contributed by atoms with van der Waals surface area (Å²) >= 11 is 1.31. The molecule has 1 N–H and O–H groups in total. The Balaban J connectivity index is 2.86. The molecule has 2 aromatic heterocycles. The van der Waals surface area contributed by atoms with E-state index in [1.165, 1.54) is 18.8 Å². The van der Waals surface area contributed by atoms with Gasteiger partial charge < -0.3 is 5.11 Å². The fourth-order valence-corrected chi connectivity index (χ4v) is 3.36. The van der Waals surface area contributed by atoms with Crippen LogP contribution in [0.2, 0.25) is 0 Å². The highest BCUT2D eigenvalue weighted by Crippen LogP contribution is 2.27. The first-order valence-electron chi connectivity index (χ1n) is 8.43. The molecule has 8 heteroatoms. The molecule has 0 bridgehead atoms. The van der Waals surface area contributed by atoms with Crippen LogP contribution in [0.5, 0.6) is 0 Å². The molecule has 0 saturated heterocycles. The van der Waals surface area contributed by atoms with Crippen molar-refractivity contribution in [2.75, 3.05) is 5.75 Å². The minimum absolute atomic E-state index is 0.0557. The van der Waals surface area contributed by atoms with E-state index in [-0.39, 0.29) is 11.6 Å². The lowest BCUT2D eigenvalue weighted by molar-refractivity contribution is 0.107. The van der Waals surface area contributed by atoms with Gasteiger partial charge in [-0.1, -0.05) is 20.8 Å². The van der Waals surface area contributed by atoms with Gasteiger partial charge in [-0.15, -0.1) is 11.8 Å². The van der Waals surface area contributed by atoms with Gasteiger partial charge in [0.05, 0.1) is 5.60 Å². The molecule has 0 aliphatic carbocycles. The van der Waals surface area contributed by atoms with Crippen LogP contribution in [0.3, 0.4) is 0 Å². The van der Waals surface area contributed by atoms with Gasteiger partial charge in [-0.2, -0.15) is 0 Å². The zero-order valence-electron chi connectivity index (χ0n) is 15.7. The van der Waals surface area contributed by atoms with Crippen LogP contribution < -0.4 is 11.2 Å². The van der Waals surface area contributed by atoms with E-state index in [1.54, 1.807) is 18.4 Å². The molecule has 0 saturated carbocycles. The Labute approximate surface area is 151 Å². The highest BCUT2D eigenvalue weighted by atomic mass is 32.2. The van der Waals surface area contributed by atoms with Crippen molar-refractivity contribution in [1.82, 2.24) is 19.1 Å². The summed E-state index contributed by atoms with van der Waals surface area (Å²) in [6.07, 6.45) is 0.750. The minimum atomic E-state index is -0.900. The highest BCUT2D eigenvalue weighted by molar-refractivity contribution is 7.99. The molecule has 0 amide bonds. The number of rotatable bonds is 6. The first kappa shape index (κ1) is 19.7. The van der Waals surface area contributed by atoms with E-state index >= 15 is 0 Å². The first-order chi connectivity index (χ1) is 11.6. The summed E-state index contributed by atoms with van der Waals surface area (Å²) in [6.45, 7) is 9.80. The molecule has 2 aromatic rings. The number of thioether (sulfide) groups is 1. The Hall–Kier alpha value is -1.67. The largest absolute Gasteiger partial charge is 0.390 e. The smallest absolute Gasteiger partial charge is 0.332 e. The Bertz CT molecular complexity index is 894. The molecule has 0 aliphatic rings. The second kappa shape index (κ2) is 7.29. The minimum Gasteiger partial charge on any atom is -0.390 e. The van der Waals surface area contributed by atoms with Gasteiger partial charge in [0.2, 0.25) is 0 Å². The summed E-state index contributed by atoms with van der Waals surface area (Å²) in [5.41, 5.74) is -1.29. The summed E-state index contributed by atoms with van der Waals surface area (Å²) in [7, 11) is 1.47. The third-order valence-electron chi connectivity index (χ3n) is 3.69. The summed E-state index contributed by atoms with van der Waals surface area (Å²) in [4.78, 5) is 34.3. The van der Waals surface area contributed by atoms with Crippen molar-refractivity contribution in [3.8, 4) is 0 Å². The molecule has 0 radical (unpaired) electrons. The molecule has 0 unspecified atom stereocenters. The van der Waals surface area contributed by atoms with Gasteiger partial charge in [-0.3, -0.25) is 13.9 Å². The predicted molar refractivity (Wildman–Crippen MR) is 100 cm³/mol. The molecule has 0 aliphatic heterocycles. The van der Waals surface area contributed by atoms with Crippen molar-refractivity contribution in [2.45, 2.75) is 64.1 Å². The standard InChI is InChI=1S/C17H26N4O3S/c1-7-8-21-13-11(15(22)20(6)16(21)23)14(25-9-17(4,5)24)19-12(18-13)10(2)3/h10,24H,7-9H2,1-6H3. The lowest BCUT2D eigenvalue weighted by Gasteiger charge is -2.18. The van der Waals surface area contributed by atoms with E-state index < -0.39 is 11.2 Å². The van der Waals surface area contributed by atoms with E-state index in [0.29, 0.717) is 34.2 Å². The molecule has 0 aromatic carbocycles. The fraction of sp³-hybridized carbons (Fsp3) is 0.647. The molecule has 0 spiro atoms. The normalized spacial score (nSPS) is 12.3. The summed E-state index contributed by atoms with van der Waals surface area (Å²) in [5, 5.41) is 10.9. The van der Waals surface area contributed by atoms with E-state index in [9.17, 15) is 14.7 Å². The monoisotopic (exact) mass is 366 g/mol. The molecule has 25 heavy (non-hydrogen) atoms. The van der Waals surface area contributed by atoms with Gasteiger partial charge >= 0.3 is 5.69 Å². The van der Waals surface area contributed by atoms with E-state index in [4.69, 9.17) is 0 Å². The van der Waals surface area contributed by atoms with Crippen molar-refractivity contribution in [3.05, 3.63) is 26.7 Å². The SMILES string of the molecule is CCCn1c(=O)n(C)c(=O)c2c(SCC(C)(C)O)nc(C(C)C)nc21. The Morgan fingerprint density at radius 1 is 1.24 bits per heavy atom. The quantitative estimate of drug-likeness (QED) is 0.620. The lowest BCUT2D eigenvalue weighted by Crippen LogP contribution is -2.39.